The lowest BCUT2D eigenvalue weighted by atomic mass is 10.1. The first-order chi connectivity index (χ1) is 12.6. The molecule has 0 spiro atoms. The first-order valence-electron chi connectivity index (χ1n) is 8.29. The number of hydrogen-bond donors (Lipinski definition) is 1. The molecule has 130 valence electrons. The number of imidazole rings is 1. The molecule has 4 aromatic rings. The molecule has 6 nitrogen and oxygen atoms in total. The van der Waals surface area contributed by atoms with Gasteiger partial charge in [-0.05, 0) is 25.1 Å². The summed E-state index contributed by atoms with van der Waals surface area (Å²) in [5.74, 6) is -0.692. The van der Waals surface area contributed by atoms with E-state index in [0.29, 0.717) is 5.56 Å². The SMILES string of the molecule is Cc1[nH]c2ccccc2c1C(=O)COC(=O)Cn1cnc2ccccc21. The summed E-state index contributed by atoms with van der Waals surface area (Å²) < 4.78 is 6.91. The van der Waals surface area contributed by atoms with E-state index in [9.17, 15) is 9.59 Å². The number of Topliss-reactive ketones (excluding diaryl/α,β-unsaturated/α-hetero) is 1. The number of rotatable bonds is 5. The van der Waals surface area contributed by atoms with Gasteiger partial charge in [0.25, 0.3) is 0 Å². The zero-order valence-electron chi connectivity index (χ0n) is 14.2. The second-order valence-electron chi connectivity index (χ2n) is 6.12. The van der Waals surface area contributed by atoms with Crippen LogP contribution in [0.25, 0.3) is 21.9 Å². The molecule has 4 rings (SSSR count). The number of aromatic amines is 1. The highest BCUT2D eigenvalue weighted by atomic mass is 16.5. The lowest BCUT2D eigenvalue weighted by Gasteiger charge is -2.06. The molecule has 26 heavy (non-hydrogen) atoms. The number of carbonyl (C=O) groups is 2. The average Bonchev–Trinajstić information content (AvgIpc) is 3.20. The van der Waals surface area contributed by atoms with Gasteiger partial charge in [0.05, 0.1) is 17.4 Å². The predicted octanol–water partition coefficient (Wildman–Crippen LogP) is 3.25. The Labute approximate surface area is 149 Å². The van der Waals surface area contributed by atoms with Gasteiger partial charge in [0.1, 0.15) is 6.54 Å². The van der Waals surface area contributed by atoms with E-state index in [1.54, 1.807) is 10.9 Å². The van der Waals surface area contributed by atoms with Crippen LogP contribution in [-0.4, -0.2) is 32.9 Å². The number of H-pyrrole nitrogens is 1. The summed E-state index contributed by atoms with van der Waals surface area (Å²) in [5, 5.41) is 0.839. The van der Waals surface area contributed by atoms with E-state index in [2.05, 4.69) is 9.97 Å². The number of ketones is 1. The van der Waals surface area contributed by atoms with E-state index in [0.717, 1.165) is 27.6 Å². The molecule has 6 heteroatoms. The van der Waals surface area contributed by atoms with Gasteiger partial charge >= 0.3 is 5.97 Å². The van der Waals surface area contributed by atoms with Crippen molar-refractivity contribution in [2.75, 3.05) is 6.61 Å². The molecule has 0 fully saturated rings. The van der Waals surface area contributed by atoms with Crippen LogP contribution in [0.4, 0.5) is 0 Å². The number of aryl methyl sites for hydroxylation is 1. The van der Waals surface area contributed by atoms with Gasteiger partial charge in [0.2, 0.25) is 5.78 Å². The zero-order chi connectivity index (χ0) is 18.1. The summed E-state index contributed by atoms with van der Waals surface area (Å²) in [4.78, 5) is 32.1. The first kappa shape index (κ1) is 16.1. The molecular formula is C20H17N3O3. The maximum absolute atomic E-state index is 12.5. The average molecular weight is 347 g/mol. The third-order valence-corrected chi connectivity index (χ3v) is 4.36. The highest BCUT2D eigenvalue weighted by Gasteiger charge is 2.18. The molecule has 0 radical (unpaired) electrons. The number of para-hydroxylation sites is 3. The van der Waals surface area contributed by atoms with Gasteiger partial charge in [-0.15, -0.1) is 0 Å². The van der Waals surface area contributed by atoms with Gasteiger partial charge < -0.3 is 14.3 Å². The normalized spacial score (nSPS) is 11.1. The van der Waals surface area contributed by atoms with Crippen LogP contribution in [0.3, 0.4) is 0 Å². The predicted molar refractivity (Wildman–Crippen MR) is 98.1 cm³/mol. The van der Waals surface area contributed by atoms with Crippen LogP contribution in [0, 0.1) is 6.92 Å². The van der Waals surface area contributed by atoms with Crippen molar-refractivity contribution < 1.29 is 14.3 Å². The molecule has 1 N–H and O–H groups in total. The molecular weight excluding hydrogens is 330 g/mol. The minimum absolute atomic E-state index is 0.0145. The van der Waals surface area contributed by atoms with Crippen molar-refractivity contribution in [1.29, 1.82) is 0 Å². The van der Waals surface area contributed by atoms with Crippen LogP contribution < -0.4 is 0 Å². The van der Waals surface area contributed by atoms with Crippen LogP contribution in [0.15, 0.2) is 54.9 Å². The smallest absolute Gasteiger partial charge is 0.326 e. The Morgan fingerprint density at radius 2 is 1.88 bits per heavy atom. The van der Waals surface area contributed by atoms with E-state index in [1.807, 2.05) is 55.5 Å². The molecule has 2 aromatic heterocycles. The molecule has 0 bridgehead atoms. The third-order valence-electron chi connectivity index (χ3n) is 4.36. The Morgan fingerprint density at radius 3 is 2.77 bits per heavy atom. The Morgan fingerprint density at radius 1 is 1.12 bits per heavy atom. The van der Waals surface area contributed by atoms with Crippen molar-refractivity contribution in [2.45, 2.75) is 13.5 Å². The number of carbonyl (C=O) groups excluding carboxylic acids is 2. The van der Waals surface area contributed by atoms with Crippen LogP contribution >= 0.6 is 0 Å². The maximum Gasteiger partial charge on any atom is 0.326 e. The Bertz CT molecular complexity index is 1120. The first-order valence-corrected chi connectivity index (χ1v) is 8.29. The van der Waals surface area contributed by atoms with Crippen LogP contribution in [-0.2, 0) is 16.1 Å². The number of fused-ring (bicyclic) bond motifs is 2. The number of hydrogen-bond acceptors (Lipinski definition) is 4. The van der Waals surface area contributed by atoms with Gasteiger partial charge in [-0.2, -0.15) is 0 Å². The second-order valence-corrected chi connectivity index (χ2v) is 6.12. The molecule has 0 amide bonds. The summed E-state index contributed by atoms with van der Waals surface area (Å²) in [6, 6.07) is 15.1. The van der Waals surface area contributed by atoms with Gasteiger partial charge in [0, 0.05) is 22.2 Å². The van der Waals surface area contributed by atoms with E-state index in [4.69, 9.17) is 4.74 Å². The highest BCUT2D eigenvalue weighted by Crippen LogP contribution is 2.22. The summed E-state index contributed by atoms with van der Waals surface area (Å²) in [7, 11) is 0. The van der Waals surface area contributed by atoms with Gasteiger partial charge in [-0.25, -0.2) is 4.98 Å². The fraction of sp³-hybridized carbons (Fsp3) is 0.150. The number of ether oxygens (including phenoxy) is 1. The zero-order valence-corrected chi connectivity index (χ0v) is 14.2. The van der Waals surface area contributed by atoms with Crippen LogP contribution in [0.5, 0.6) is 0 Å². The highest BCUT2D eigenvalue weighted by molar-refractivity contribution is 6.10. The van der Waals surface area contributed by atoms with Crippen molar-refractivity contribution in [1.82, 2.24) is 14.5 Å². The topological polar surface area (TPSA) is 77.0 Å². The minimum Gasteiger partial charge on any atom is -0.456 e. The molecule has 0 unspecified atom stereocenters. The summed E-state index contributed by atoms with van der Waals surface area (Å²) in [5.41, 5.74) is 3.90. The summed E-state index contributed by atoms with van der Waals surface area (Å²) in [6.45, 7) is 1.57. The summed E-state index contributed by atoms with van der Waals surface area (Å²) >= 11 is 0. The second kappa shape index (κ2) is 6.48. The Balaban J connectivity index is 1.45. The number of esters is 1. The molecule has 0 saturated heterocycles. The van der Waals surface area contributed by atoms with E-state index in [1.165, 1.54) is 0 Å². The van der Waals surface area contributed by atoms with Crippen molar-refractivity contribution in [3.8, 4) is 0 Å². The number of aromatic nitrogens is 3. The lowest BCUT2D eigenvalue weighted by Crippen LogP contribution is -2.18. The quantitative estimate of drug-likeness (QED) is 0.444. The van der Waals surface area contributed by atoms with Crippen molar-refractivity contribution in [3.63, 3.8) is 0 Å². The molecule has 0 atom stereocenters. The molecule has 0 aliphatic heterocycles. The Hall–Kier alpha value is -3.41. The van der Waals surface area contributed by atoms with Gasteiger partial charge in [0.15, 0.2) is 6.61 Å². The van der Waals surface area contributed by atoms with Crippen molar-refractivity contribution in [3.05, 3.63) is 66.1 Å². The summed E-state index contributed by atoms with van der Waals surface area (Å²) in [6.07, 6.45) is 1.59. The van der Waals surface area contributed by atoms with E-state index in [-0.39, 0.29) is 18.9 Å². The van der Waals surface area contributed by atoms with E-state index < -0.39 is 5.97 Å². The van der Waals surface area contributed by atoms with Gasteiger partial charge in [-0.1, -0.05) is 30.3 Å². The standard InChI is InChI=1S/C20H17N3O3/c1-13-20(14-6-2-3-7-15(14)22-13)18(24)11-26-19(25)10-23-12-21-16-8-4-5-9-17(16)23/h2-9,12,22H,10-11H2,1H3. The third kappa shape index (κ3) is 2.86. The Kier molecular flexibility index (Phi) is 4.01. The van der Waals surface area contributed by atoms with Crippen LogP contribution in [0.2, 0.25) is 0 Å². The minimum atomic E-state index is -0.473. The maximum atomic E-state index is 12.5. The molecule has 0 saturated carbocycles. The fourth-order valence-corrected chi connectivity index (χ4v) is 3.18. The molecule has 0 aliphatic carbocycles. The monoisotopic (exact) mass is 347 g/mol. The van der Waals surface area contributed by atoms with Crippen LogP contribution in [0.1, 0.15) is 16.1 Å². The van der Waals surface area contributed by atoms with Gasteiger partial charge in [-0.3, -0.25) is 9.59 Å². The van der Waals surface area contributed by atoms with Crippen molar-refractivity contribution in [2.24, 2.45) is 0 Å². The van der Waals surface area contributed by atoms with Crippen molar-refractivity contribution >= 4 is 33.7 Å². The number of nitrogens with zero attached hydrogens (tertiary/aromatic N) is 2. The molecule has 2 heterocycles. The number of nitrogens with one attached hydrogen (secondary N) is 1. The largest absolute Gasteiger partial charge is 0.456 e. The fourth-order valence-electron chi connectivity index (χ4n) is 3.18. The lowest BCUT2D eigenvalue weighted by molar-refractivity contribution is -0.143. The molecule has 0 aliphatic rings. The number of benzene rings is 2. The van der Waals surface area contributed by atoms with E-state index >= 15 is 0 Å². The molecule has 2 aromatic carbocycles.